The van der Waals surface area contributed by atoms with Crippen LogP contribution in [-0.4, -0.2) is 53.5 Å². The summed E-state index contributed by atoms with van der Waals surface area (Å²) in [5, 5.41) is 22.1. The van der Waals surface area contributed by atoms with Crippen LogP contribution in [0.3, 0.4) is 0 Å². The fraction of sp³-hybridized carbons (Fsp3) is 0.942. The lowest BCUT2D eigenvalue weighted by molar-refractivity contribution is -0.287. The first-order valence-corrected chi connectivity index (χ1v) is 25.4. The molecule has 0 bridgehead atoms. The summed E-state index contributed by atoms with van der Waals surface area (Å²) >= 11 is 0. The van der Waals surface area contributed by atoms with Crippen molar-refractivity contribution in [3.63, 3.8) is 0 Å². The monoisotopic (exact) mass is 813 g/mol. The predicted molar refractivity (Wildman–Crippen MR) is 238 cm³/mol. The summed E-state index contributed by atoms with van der Waals surface area (Å²) in [5.74, 6) is 5.39. The molecular weight excluding hydrogens is 721 g/mol. The Morgan fingerprint density at radius 1 is 0.793 bits per heavy atom. The highest BCUT2D eigenvalue weighted by Crippen LogP contribution is 2.67. The van der Waals surface area contributed by atoms with Crippen LogP contribution in [0.15, 0.2) is 11.6 Å². The second kappa shape index (κ2) is 23.5. The van der Waals surface area contributed by atoms with E-state index >= 15 is 0 Å². The average molecular weight is 813 g/mol. The maximum atomic E-state index is 12.7. The van der Waals surface area contributed by atoms with Gasteiger partial charge in [0.05, 0.1) is 12.7 Å². The Morgan fingerprint density at radius 2 is 1.43 bits per heavy atom. The summed E-state index contributed by atoms with van der Waals surface area (Å²) in [7, 11) is 0. The molecule has 0 unspecified atom stereocenters. The van der Waals surface area contributed by atoms with Gasteiger partial charge < -0.3 is 24.4 Å². The van der Waals surface area contributed by atoms with Gasteiger partial charge in [-0.15, -0.1) is 0 Å². The van der Waals surface area contributed by atoms with E-state index in [0.29, 0.717) is 11.8 Å². The Morgan fingerprint density at radius 3 is 2.05 bits per heavy atom. The number of carbonyl (C=O) groups is 1. The first kappa shape index (κ1) is 48.1. The molecule has 0 radical (unpaired) electrons. The number of aliphatic hydroxyl groups excluding tert-OH is 2. The van der Waals surface area contributed by atoms with Gasteiger partial charge in [0.15, 0.2) is 12.4 Å². The summed E-state index contributed by atoms with van der Waals surface area (Å²) in [6.45, 7) is 17.3. The molecule has 58 heavy (non-hydrogen) atoms. The Bertz CT molecular complexity index is 1230. The minimum atomic E-state index is -1.25. The summed E-state index contributed by atoms with van der Waals surface area (Å²) in [4.78, 5) is 12.7. The average Bonchev–Trinajstić information content (AvgIpc) is 3.56. The standard InChI is InChI=1S/C52H92O6/c1-8-10-11-12-13-14-15-16-17-18-19-20-21-22-23-24-47(53)58-46-36-56-50(49(55)48(46)54)57-41-31-33-51(6)40(35-41)27-28-42-44-30-29-43(52(44,7)34-32-45(42)51)38(5)25-26-39(9-2)37(3)4/h27,37-39,41-46,48-50,54-55H,8-26,28-36H2,1-7H3/t38-,39-,41+,42+,43-,44+,45+,46-,48+,49-,50+,51+,52-/m1/s1. The zero-order chi connectivity index (χ0) is 41.7. The van der Waals surface area contributed by atoms with Gasteiger partial charge in [-0.3, -0.25) is 4.79 Å². The van der Waals surface area contributed by atoms with Crippen molar-refractivity contribution in [1.82, 2.24) is 0 Å². The third kappa shape index (κ3) is 12.4. The quantitative estimate of drug-likeness (QED) is 0.0542. The molecule has 6 heteroatoms. The van der Waals surface area contributed by atoms with Crippen molar-refractivity contribution in [2.45, 2.75) is 253 Å². The second-order valence-corrected chi connectivity index (χ2v) is 21.4. The van der Waals surface area contributed by atoms with E-state index in [1.807, 2.05) is 0 Å². The van der Waals surface area contributed by atoms with Crippen molar-refractivity contribution >= 4 is 5.97 Å². The zero-order valence-electron chi connectivity index (χ0n) is 38.8. The smallest absolute Gasteiger partial charge is 0.306 e. The summed E-state index contributed by atoms with van der Waals surface area (Å²) in [5.41, 5.74) is 2.25. The number of allylic oxidation sites excluding steroid dienone is 1. The van der Waals surface area contributed by atoms with Gasteiger partial charge in [0.2, 0.25) is 0 Å². The number of aliphatic hydroxyl groups is 2. The third-order valence-corrected chi connectivity index (χ3v) is 17.3. The van der Waals surface area contributed by atoms with Gasteiger partial charge in [0, 0.05) is 6.42 Å². The van der Waals surface area contributed by atoms with Gasteiger partial charge in [0.1, 0.15) is 12.2 Å². The SMILES string of the molecule is CCCCCCCCCCCCCCCCCC(=O)O[C@@H]1CO[C@@H](O[C@H]2CC[C@@]3(C)C(=CC[C@H]4[C@@H]5CC[C@H]([C@H](C)CC[C@@H](CC)C(C)C)[C@@]5(C)CC[C@@H]43)C2)[C@H](O)[C@H]1O. The molecule has 1 heterocycles. The van der Waals surface area contributed by atoms with E-state index in [-0.39, 0.29) is 24.1 Å². The molecule has 0 spiro atoms. The van der Waals surface area contributed by atoms with Crippen molar-refractivity contribution in [1.29, 1.82) is 0 Å². The van der Waals surface area contributed by atoms with E-state index in [0.717, 1.165) is 80.0 Å². The Labute approximate surface area is 357 Å². The van der Waals surface area contributed by atoms with Crippen LogP contribution in [0.25, 0.3) is 0 Å². The van der Waals surface area contributed by atoms with Crippen LogP contribution in [0, 0.1) is 52.3 Å². The minimum absolute atomic E-state index is 0.0427. The summed E-state index contributed by atoms with van der Waals surface area (Å²) in [6, 6.07) is 0. The lowest BCUT2D eigenvalue weighted by Crippen LogP contribution is -2.56. The molecule has 2 N–H and O–H groups in total. The molecule has 6 nitrogen and oxygen atoms in total. The number of hydrogen-bond acceptors (Lipinski definition) is 6. The van der Waals surface area contributed by atoms with Crippen LogP contribution >= 0.6 is 0 Å². The molecule has 1 aliphatic heterocycles. The highest BCUT2D eigenvalue weighted by molar-refractivity contribution is 5.69. The van der Waals surface area contributed by atoms with Crippen LogP contribution in [0.4, 0.5) is 0 Å². The molecule has 3 saturated carbocycles. The van der Waals surface area contributed by atoms with E-state index in [2.05, 4.69) is 54.5 Å². The van der Waals surface area contributed by atoms with Gasteiger partial charge in [-0.25, -0.2) is 0 Å². The molecule has 0 amide bonds. The fourth-order valence-electron chi connectivity index (χ4n) is 13.5. The number of hydrogen-bond donors (Lipinski definition) is 2. The molecule has 336 valence electrons. The molecule has 0 aromatic rings. The predicted octanol–water partition coefficient (Wildman–Crippen LogP) is 13.3. The maximum Gasteiger partial charge on any atom is 0.306 e. The molecule has 0 aromatic carbocycles. The van der Waals surface area contributed by atoms with Crippen LogP contribution in [0.5, 0.6) is 0 Å². The highest BCUT2D eigenvalue weighted by atomic mass is 16.7. The fourth-order valence-corrected chi connectivity index (χ4v) is 13.5. The van der Waals surface area contributed by atoms with Crippen LogP contribution in [0.1, 0.15) is 222 Å². The zero-order valence-corrected chi connectivity index (χ0v) is 38.8. The molecule has 5 rings (SSSR count). The summed E-state index contributed by atoms with van der Waals surface area (Å²) < 4.78 is 18.0. The molecule has 13 atom stereocenters. The number of ether oxygens (including phenoxy) is 3. The lowest BCUT2D eigenvalue weighted by Gasteiger charge is -2.58. The number of fused-ring (bicyclic) bond motifs is 5. The number of esters is 1. The minimum Gasteiger partial charge on any atom is -0.457 e. The Hall–Kier alpha value is -0.950. The Kier molecular flexibility index (Phi) is 19.5. The van der Waals surface area contributed by atoms with Crippen molar-refractivity contribution in [2.24, 2.45) is 52.3 Å². The molecule has 4 fully saturated rings. The van der Waals surface area contributed by atoms with Crippen LogP contribution < -0.4 is 0 Å². The van der Waals surface area contributed by atoms with E-state index in [9.17, 15) is 15.0 Å². The van der Waals surface area contributed by atoms with Gasteiger partial charge in [-0.1, -0.05) is 163 Å². The molecule has 0 aromatic heterocycles. The molecule has 1 saturated heterocycles. The largest absolute Gasteiger partial charge is 0.457 e. The van der Waals surface area contributed by atoms with Crippen LogP contribution in [0.2, 0.25) is 0 Å². The van der Waals surface area contributed by atoms with Gasteiger partial charge in [0.25, 0.3) is 0 Å². The van der Waals surface area contributed by atoms with Crippen molar-refractivity contribution in [3.8, 4) is 0 Å². The molecule has 5 aliphatic rings. The van der Waals surface area contributed by atoms with Crippen LogP contribution in [-0.2, 0) is 19.0 Å². The van der Waals surface area contributed by atoms with Crippen molar-refractivity contribution in [3.05, 3.63) is 11.6 Å². The van der Waals surface area contributed by atoms with Gasteiger partial charge >= 0.3 is 5.97 Å². The number of unbranched alkanes of at least 4 members (excludes halogenated alkanes) is 14. The second-order valence-electron chi connectivity index (χ2n) is 21.4. The van der Waals surface area contributed by atoms with Crippen molar-refractivity contribution in [2.75, 3.05) is 6.61 Å². The topological polar surface area (TPSA) is 85.2 Å². The van der Waals surface area contributed by atoms with Gasteiger partial charge in [-0.2, -0.15) is 0 Å². The maximum absolute atomic E-state index is 12.7. The number of rotatable bonds is 25. The van der Waals surface area contributed by atoms with E-state index in [4.69, 9.17) is 14.2 Å². The van der Waals surface area contributed by atoms with E-state index in [1.54, 1.807) is 5.57 Å². The highest BCUT2D eigenvalue weighted by Gasteiger charge is 2.59. The first-order chi connectivity index (χ1) is 27.9. The van der Waals surface area contributed by atoms with E-state index in [1.165, 1.54) is 128 Å². The normalized spacial score (nSPS) is 35.8. The molecular formula is C52H92O6. The van der Waals surface area contributed by atoms with Crippen molar-refractivity contribution < 1.29 is 29.2 Å². The number of carbonyl (C=O) groups excluding carboxylic acids is 1. The Balaban J connectivity index is 0.980. The third-order valence-electron chi connectivity index (χ3n) is 17.3. The summed E-state index contributed by atoms with van der Waals surface area (Å²) in [6.07, 6.45) is 31.6. The van der Waals surface area contributed by atoms with E-state index < -0.39 is 24.6 Å². The lowest BCUT2D eigenvalue weighted by atomic mass is 9.47. The molecule has 4 aliphatic carbocycles. The first-order valence-electron chi connectivity index (χ1n) is 25.4. The van der Waals surface area contributed by atoms with Gasteiger partial charge in [-0.05, 0) is 116 Å².